The van der Waals surface area contributed by atoms with Crippen LogP contribution in [0.4, 0.5) is 0 Å². The van der Waals surface area contributed by atoms with Gasteiger partial charge in [0.25, 0.3) is 0 Å². The minimum Gasteiger partial charge on any atom is -0.395 e. The third-order valence-electron chi connectivity index (χ3n) is 4.68. The molecule has 3 heteroatoms. The van der Waals surface area contributed by atoms with Gasteiger partial charge in [-0.1, -0.05) is 36.0 Å². The Balaban J connectivity index is 1.78. The van der Waals surface area contributed by atoms with Gasteiger partial charge in [0.2, 0.25) is 0 Å². The van der Waals surface area contributed by atoms with Crippen molar-refractivity contribution in [3.8, 4) is 0 Å². The molecule has 0 aromatic carbocycles. The van der Waals surface area contributed by atoms with Crippen molar-refractivity contribution in [2.24, 2.45) is 11.8 Å². The summed E-state index contributed by atoms with van der Waals surface area (Å²) >= 11 is 0. The van der Waals surface area contributed by atoms with Gasteiger partial charge >= 0.3 is 0 Å². The SMILES string of the molecule is OCC(C1C=CC=C2CCC=CC21)N1CCNCC1. The van der Waals surface area contributed by atoms with Crippen LogP contribution in [0.25, 0.3) is 0 Å². The normalized spacial score (nSPS) is 32.8. The van der Waals surface area contributed by atoms with Gasteiger partial charge in [-0.2, -0.15) is 0 Å². The number of nitrogens with one attached hydrogen (secondary N) is 1. The van der Waals surface area contributed by atoms with Crippen LogP contribution >= 0.6 is 0 Å². The highest BCUT2D eigenvalue weighted by Crippen LogP contribution is 2.36. The number of rotatable bonds is 3. The standard InChI is InChI=1S/C16H24N2O/c19-12-16(18-10-8-17-9-11-18)15-7-3-5-13-4-1-2-6-14(13)15/h2-3,5-7,14-17,19H,1,4,8-12H2. The summed E-state index contributed by atoms with van der Waals surface area (Å²) in [6.45, 7) is 4.43. The summed E-state index contributed by atoms with van der Waals surface area (Å²) in [5, 5.41) is 13.3. The second kappa shape index (κ2) is 6.04. The Morgan fingerprint density at radius 3 is 2.95 bits per heavy atom. The van der Waals surface area contributed by atoms with Gasteiger partial charge in [0.05, 0.1) is 6.61 Å². The average molecular weight is 260 g/mol. The van der Waals surface area contributed by atoms with Gasteiger partial charge in [-0.15, -0.1) is 0 Å². The first-order valence-corrected chi connectivity index (χ1v) is 7.49. The van der Waals surface area contributed by atoms with Gasteiger partial charge in [-0.3, -0.25) is 4.90 Å². The molecule has 0 radical (unpaired) electrons. The Morgan fingerprint density at radius 1 is 1.32 bits per heavy atom. The molecular formula is C16H24N2O. The molecule has 2 N–H and O–H groups in total. The van der Waals surface area contributed by atoms with Crippen LogP contribution in [0.3, 0.4) is 0 Å². The summed E-state index contributed by atoms with van der Waals surface area (Å²) in [7, 11) is 0. The zero-order valence-corrected chi connectivity index (χ0v) is 11.5. The minimum atomic E-state index is 0.257. The van der Waals surface area contributed by atoms with Crippen LogP contribution in [0.2, 0.25) is 0 Å². The molecule has 2 aliphatic carbocycles. The van der Waals surface area contributed by atoms with Gasteiger partial charge in [0.1, 0.15) is 0 Å². The molecule has 3 aliphatic rings. The highest BCUT2D eigenvalue weighted by molar-refractivity contribution is 5.30. The quantitative estimate of drug-likeness (QED) is 0.752. The Labute approximate surface area is 115 Å². The molecule has 0 aromatic heterocycles. The third kappa shape index (κ3) is 2.69. The lowest BCUT2D eigenvalue weighted by Crippen LogP contribution is -2.53. The largest absolute Gasteiger partial charge is 0.395 e. The van der Waals surface area contributed by atoms with E-state index in [1.807, 2.05) is 0 Å². The Morgan fingerprint density at radius 2 is 2.16 bits per heavy atom. The van der Waals surface area contributed by atoms with Crippen molar-refractivity contribution in [2.45, 2.75) is 18.9 Å². The molecule has 3 unspecified atom stereocenters. The van der Waals surface area contributed by atoms with E-state index in [0.717, 1.165) is 26.2 Å². The molecule has 104 valence electrons. The summed E-state index contributed by atoms with van der Waals surface area (Å²) < 4.78 is 0. The van der Waals surface area contributed by atoms with Gasteiger partial charge in [0, 0.05) is 44.1 Å². The molecule has 3 nitrogen and oxygen atoms in total. The lowest BCUT2D eigenvalue weighted by Gasteiger charge is -2.42. The zero-order valence-electron chi connectivity index (χ0n) is 11.5. The van der Waals surface area contributed by atoms with Crippen molar-refractivity contribution in [2.75, 3.05) is 32.8 Å². The first-order chi connectivity index (χ1) is 9.40. The van der Waals surface area contributed by atoms with Crippen LogP contribution < -0.4 is 5.32 Å². The second-order valence-electron chi connectivity index (χ2n) is 5.73. The van der Waals surface area contributed by atoms with Gasteiger partial charge in [-0.25, -0.2) is 0 Å². The van der Waals surface area contributed by atoms with E-state index in [1.165, 1.54) is 12.8 Å². The van der Waals surface area contributed by atoms with Crippen molar-refractivity contribution >= 4 is 0 Å². The highest BCUT2D eigenvalue weighted by atomic mass is 16.3. The first-order valence-electron chi connectivity index (χ1n) is 7.49. The summed E-state index contributed by atoms with van der Waals surface area (Å²) in [6, 6.07) is 0.259. The lowest BCUT2D eigenvalue weighted by atomic mass is 9.74. The molecule has 1 aliphatic heterocycles. The van der Waals surface area contributed by atoms with Crippen molar-refractivity contribution in [3.05, 3.63) is 36.0 Å². The maximum atomic E-state index is 9.88. The number of allylic oxidation sites excluding steroid dienone is 5. The number of piperazine rings is 1. The van der Waals surface area contributed by atoms with Crippen LogP contribution in [0.1, 0.15) is 12.8 Å². The van der Waals surface area contributed by atoms with E-state index in [9.17, 15) is 5.11 Å². The van der Waals surface area contributed by atoms with E-state index in [0.29, 0.717) is 11.8 Å². The topological polar surface area (TPSA) is 35.5 Å². The monoisotopic (exact) mass is 260 g/mol. The summed E-state index contributed by atoms with van der Waals surface area (Å²) in [4.78, 5) is 2.46. The maximum absolute atomic E-state index is 9.88. The summed E-state index contributed by atoms with van der Waals surface area (Å²) in [5.74, 6) is 0.936. The molecule has 3 rings (SSSR count). The predicted octanol–water partition coefficient (Wildman–Crippen LogP) is 1.33. The molecule has 0 bridgehead atoms. The Hall–Kier alpha value is -0.900. The van der Waals surface area contributed by atoms with E-state index in [1.54, 1.807) is 5.57 Å². The van der Waals surface area contributed by atoms with Crippen molar-refractivity contribution in [3.63, 3.8) is 0 Å². The van der Waals surface area contributed by atoms with Crippen LogP contribution in [0, 0.1) is 11.8 Å². The molecule has 0 saturated carbocycles. The van der Waals surface area contributed by atoms with Crippen LogP contribution in [-0.2, 0) is 0 Å². The van der Waals surface area contributed by atoms with Crippen LogP contribution in [0.15, 0.2) is 36.0 Å². The zero-order chi connectivity index (χ0) is 13.1. The molecule has 0 spiro atoms. The average Bonchev–Trinajstić information content (AvgIpc) is 2.49. The van der Waals surface area contributed by atoms with E-state index in [-0.39, 0.29) is 12.6 Å². The van der Waals surface area contributed by atoms with E-state index in [4.69, 9.17) is 0 Å². The molecule has 0 amide bonds. The Kier molecular flexibility index (Phi) is 4.16. The lowest BCUT2D eigenvalue weighted by molar-refractivity contribution is 0.0742. The molecule has 3 atom stereocenters. The number of hydrogen-bond donors (Lipinski definition) is 2. The number of fused-ring (bicyclic) bond motifs is 1. The maximum Gasteiger partial charge on any atom is 0.0592 e. The molecule has 19 heavy (non-hydrogen) atoms. The van der Waals surface area contributed by atoms with Gasteiger partial charge < -0.3 is 10.4 Å². The fourth-order valence-corrected chi connectivity index (χ4v) is 3.64. The molecular weight excluding hydrogens is 236 g/mol. The fourth-order valence-electron chi connectivity index (χ4n) is 3.64. The molecule has 1 saturated heterocycles. The van der Waals surface area contributed by atoms with Crippen molar-refractivity contribution in [1.29, 1.82) is 0 Å². The number of nitrogens with zero attached hydrogens (tertiary/aromatic N) is 1. The highest BCUT2D eigenvalue weighted by Gasteiger charge is 2.34. The van der Waals surface area contributed by atoms with E-state index >= 15 is 0 Å². The third-order valence-corrected chi connectivity index (χ3v) is 4.68. The second-order valence-corrected chi connectivity index (χ2v) is 5.73. The van der Waals surface area contributed by atoms with Crippen LogP contribution in [-0.4, -0.2) is 48.8 Å². The summed E-state index contributed by atoms with van der Waals surface area (Å²) in [5.41, 5.74) is 1.54. The Bertz CT molecular complexity index is 394. The van der Waals surface area contributed by atoms with Gasteiger partial charge in [0.15, 0.2) is 0 Å². The number of aliphatic hydroxyl groups excluding tert-OH is 1. The minimum absolute atomic E-state index is 0.257. The van der Waals surface area contributed by atoms with Crippen LogP contribution in [0.5, 0.6) is 0 Å². The fraction of sp³-hybridized carbons (Fsp3) is 0.625. The molecule has 1 fully saturated rings. The van der Waals surface area contributed by atoms with Crippen molar-refractivity contribution < 1.29 is 5.11 Å². The number of aliphatic hydroxyl groups is 1. The smallest absolute Gasteiger partial charge is 0.0592 e. The molecule has 1 heterocycles. The molecule has 0 aromatic rings. The first kappa shape index (κ1) is 13.1. The predicted molar refractivity (Wildman–Crippen MR) is 77.9 cm³/mol. The van der Waals surface area contributed by atoms with E-state index < -0.39 is 0 Å². The number of hydrogen-bond acceptors (Lipinski definition) is 3. The summed E-state index contributed by atoms with van der Waals surface area (Å²) in [6.07, 6.45) is 13.8. The van der Waals surface area contributed by atoms with Crippen molar-refractivity contribution in [1.82, 2.24) is 10.2 Å². The van der Waals surface area contributed by atoms with Gasteiger partial charge in [-0.05, 0) is 12.8 Å². The van der Waals surface area contributed by atoms with E-state index in [2.05, 4.69) is 40.6 Å².